The molecule has 6 heteroatoms. The second-order valence-electron chi connectivity index (χ2n) is 7.73. The van der Waals surface area contributed by atoms with Crippen molar-refractivity contribution in [2.75, 3.05) is 55.0 Å². The van der Waals surface area contributed by atoms with Crippen LogP contribution in [0.15, 0.2) is 24.4 Å². The number of nitrogens with zero attached hydrogens (tertiary/aromatic N) is 3. The largest absolute Gasteiger partial charge is 0.496 e. The van der Waals surface area contributed by atoms with Gasteiger partial charge in [-0.25, -0.2) is 4.98 Å². The third-order valence-electron chi connectivity index (χ3n) is 6.10. The first-order valence-electron chi connectivity index (χ1n) is 10.4. The fourth-order valence-corrected chi connectivity index (χ4v) is 4.41. The van der Waals surface area contributed by atoms with Crippen LogP contribution in [-0.4, -0.2) is 49.8 Å². The standard InChI is InChI=1S/C23H31N5O/c1-6-24-19-8-7-9-25-23(19)28-12-10-27(11-13-28)20-14-18-17(4)22(29-5)16(3)15(2)21(18)26-20/h7-9,14,24,26H,6,10-13H2,1-5H3. The summed E-state index contributed by atoms with van der Waals surface area (Å²) in [5.41, 5.74) is 6.01. The zero-order valence-corrected chi connectivity index (χ0v) is 18.1. The molecular weight excluding hydrogens is 362 g/mol. The zero-order valence-electron chi connectivity index (χ0n) is 18.1. The van der Waals surface area contributed by atoms with Crippen molar-refractivity contribution >= 4 is 28.2 Å². The predicted octanol–water partition coefficient (Wildman–Crippen LogP) is 4.26. The highest BCUT2D eigenvalue weighted by Gasteiger charge is 2.23. The van der Waals surface area contributed by atoms with Crippen LogP contribution in [0.5, 0.6) is 5.75 Å². The number of aromatic amines is 1. The zero-order chi connectivity index (χ0) is 20.5. The number of fused-ring (bicyclic) bond motifs is 1. The van der Waals surface area contributed by atoms with E-state index >= 15 is 0 Å². The molecule has 0 amide bonds. The number of ether oxygens (including phenoxy) is 1. The van der Waals surface area contributed by atoms with Crippen molar-refractivity contribution in [3.05, 3.63) is 41.1 Å². The van der Waals surface area contributed by atoms with Crippen LogP contribution in [0.25, 0.3) is 10.9 Å². The number of aryl methyl sites for hydroxylation is 2. The molecule has 0 bridgehead atoms. The van der Waals surface area contributed by atoms with Gasteiger partial charge in [-0.3, -0.25) is 0 Å². The maximum atomic E-state index is 5.67. The Morgan fingerprint density at radius 3 is 2.48 bits per heavy atom. The molecule has 29 heavy (non-hydrogen) atoms. The quantitative estimate of drug-likeness (QED) is 0.678. The van der Waals surface area contributed by atoms with Gasteiger partial charge in [0.25, 0.3) is 0 Å². The summed E-state index contributed by atoms with van der Waals surface area (Å²) in [6.45, 7) is 13.3. The Balaban J connectivity index is 1.57. The van der Waals surface area contributed by atoms with Crippen LogP contribution < -0.4 is 19.9 Å². The first-order valence-corrected chi connectivity index (χ1v) is 10.4. The van der Waals surface area contributed by atoms with Gasteiger partial charge in [-0.2, -0.15) is 0 Å². The Kier molecular flexibility index (Phi) is 5.26. The molecule has 2 N–H and O–H groups in total. The molecule has 1 saturated heterocycles. The number of H-pyrrole nitrogens is 1. The van der Waals surface area contributed by atoms with E-state index in [4.69, 9.17) is 4.74 Å². The second kappa shape index (κ2) is 7.85. The van der Waals surface area contributed by atoms with Gasteiger partial charge in [0.2, 0.25) is 0 Å². The van der Waals surface area contributed by atoms with Gasteiger partial charge >= 0.3 is 0 Å². The summed E-state index contributed by atoms with van der Waals surface area (Å²) in [7, 11) is 1.76. The van der Waals surface area contributed by atoms with Crippen molar-refractivity contribution in [3.8, 4) is 5.75 Å². The fraction of sp³-hybridized carbons (Fsp3) is 0.435. The van der Waals surface area contributed by atoms with E-state index in [9.17, 15) is 0 Å². The highest BCUT2D eigenvalue weighted by molar-refractivity contribution is 5.92. The molecule has 0 atom stereocenters. The Bertz CT molecular complexity index is 1020. The lowest BCUT2D eigenvalue weighted by atomic mass is 10.0. The molecule has 2 aromatic heterocycles. The van der Waals surface area contributed by atoms with Crippen LogP contribution in [0.2, 0.25) is 0 Å². The lowest BCUT2D eigenvalue weighted by Crippen LogP contribution is -2.47. The molecule has 1 fully saturated rings. The molecule has 1 aliphatic rings. The molecule has 6 nitrogen and oxygen atoms in total. The number of pyridine rings is 1. The smallest absolute Gasteiger partial charge is 0.152 e. The maximum absolute atomic E-state index is 5.67. The molecule has 4 rings (SSSR count). The monoisotopic (exact) mass is 393 g/mol. The summed E-state index contributed by atoms with van der Waals surface area (Å²) in [6.07, 6.45) is 1.88. The Morgan fingerprint density at radius 1 is 1.07 bits per heavy atom. The second-order valence-corrected chi connectivity index (χ2v) is 7.73. The highest BCUT2D eigenvalue weighted by Crippen LogP contribution is 2.37. The topological polar surface area (TPSA) is 56.4 Å². The third-order valence-corrected chi connectivity index (χ3v) is 6.10. The van der Waals surface area contributed by atoms with Gasteiger partial charge in [0, 0.05) is 49.9 Å². The number of piperazine rings is 1. The minimum atomic E-state index is 0.898. The van der Waals surface area contributed by atoms with Crippen molar-refractivity contribution in [2.45, 2.75) is 27.7 Å². The van der Waals surface area contributed by atoms with Crippen LogP contribution in [0.3, 0.4) is 0 Å². The van der Waals surface area contributed by atoms with Gasteiger partial charge in [-0.1, -0.05) is 0 Å². The number of rotatable bonds is 5. The van der Waals surface area contributed by atoms with Crippen LogP contribution in [0.1, 0.15) is 23.6 Å². The van der Waals surface area contributed by atoms with E-state index in [0.29, 0.717) is 0 Å². The van der Waals surface area contributed by atoms with Crippen LogP contribution >= 0.6 is 0 Å². The molecule has 3 aromatic rings. The molecule has 0 radical (unpaired) electrons. The summed E-state index contributed by atoms with van der Waals surface area (Å²) >= 11 is 0. The third kappa shape index (κ3) is 3.37. The number of hydrogen-bond donors (Lipinski definition) is 2. The molecule has 154 valence electrons. The van der Waals surface area contributed by atoms with Crippen molar-refractivity contribution in [1.82, 2.24) is 9.97 Å². The molecular formula is C23H31N5O. The SMILES string of the molecule is CCNc1cccnc1N1CCN(c2cc3c(C)c(OC)c(C)c(C)c3[nH]2)CC1. The van der Waals surface area contributed by atoms with E-state index in [2.05, 4.69) is 64.9 Å². The Morgan fingerprint density at radius 2 is 1.79 bits per heavy atom. The molecule has 0 saturated carbocycles. The molecule has 1 aliphatic heterocycles. The van der Waals surface area contributed by atoms with E-state index in [1.165, 1.54) is 33.4 Å². The number of nitrogens with one attached hydrogen (secondary N) is 2. The number of anilines is 3. The molecule has 1 aromatic carbocycles. The normalized spacial score (nSPS) is 14.5. The number of aromatic nitrogens is 2. The summed E-state index contributed by atoms with van der Waals surface area (Å²) in [5.74, 6) is 3.24. The average molecular weight is 394 g/mol. The minimum Gasteiger partial charge on any atom is -0.496 e. The lowest BCUT2D eigenvalue weighted by Gasteiger charge is -2.36. The maximum Gasteiger partial charge on any atom is 0.152 e. The Labute approximate surface area is 172 Å². The van der Waals surface area contributed by atoms with Gasteiger partial charge in [-0.15, -0.1) is 0 Å². The molecule has 0 aliphatic carbocycles. The van der Waals surface area contributed by atoms with E-state index in [0.717, 1.165) is 50.0 Å². The number of hydrogen-bond acceptors (Lipinski definition) is 5. The van der Waals surface area contributed by atoms with Gasteiger partial charge < -0.3 is 24.8 Å². The minimum absolute atomic E-state index is 0.898. The van der Waals surface area contributed by atoms with E-state index in [1.807, 2.05) is 12.3 Å². The van der Waals surface area contributed by atoms with E-state index < -0.39 is 0 Å². The summed E-state index contributed by atoms with van der Waals surface area (Å²) < 4.78 is 5.67. The van der Waals surface area contributed by atoms with Gasteiger partial charge in [0.15, 0.2) is 5.82 Å². The van der Waals surface area contributed by atoms with Crippen molar-refractivity contribution in [3.63, 3.8) is 0 Å². The number of benzene rings is 1. The van der Waals surface area contributed by atoms with Gasteiger partial charge in [0.1, 0.15) is 11.6 Å². The van der Waals surface area contributed by atoms with Crippen molar-refractivity contribution < 1.29 is 4.74 Å². The molecule has 0 unspecified atom stereocenters. The van der Waals surface area contributed by atoms with Crippen molar-refractivity contribution in [2.24, 2.45) is 0 Å². The summed E-state index contributed by atoms with van der Waals surface area (Å²) in [5, 5.41) is 4.68. The summed E-state index contributed by atoms with van der Waals surface area (Å²) in [4.78, 5) is 13.1. The first kappa shape index (κ1) is 19.4. The average Bonchev–Trinajstić information content (AvgIpc) is 3.19. The Hall–Kier alpha value is -2.89. The van der Waals surface area contributed by atoms with Gasteiger partial charge in [0.05, 0.1) is 18.3 Å². The lowest BCUT2D eigenvalue weighted by molar-refractivity contribution is 0.409. The highest BCUT2D eigenvalue weighted by atomic mass is 16.5. The number of methoxy groups -OCH3 is 1. The fourth-order valence-electron chi connectivity index (χ4n) is 4.41. The van der Waals surface area contributed by atoms with Gasteiger partial charge in [-0.05, 0) is 57.0 Å². The van der Waals surface area contributed by atoms with Crippen LogP contribution in [0, 0.1) is 20.8 Å². The molecule has 3 heterocycles. The van der Waals surface area contributed by atoms with E-state index in [1.54, 1.807) is 7.11 Å². The van der Waals surface area contributed by atoms with Crippen LogP contribution in [-0.2, 0) is 0 Å². The first-order chi connectivity index (χ1) is 14.0. The van der Waals surface area contributed by atoms with Crippen molar-refractivity contribution in [1.29, 1.82) is 0 Å². The predicted molar refractivity (Wildman–Crippen MR) is 122 cm³/mol. The molecule has 0 spiro atoms. The van der Waals surface area contributed by atoms with Crippen LogP contribution in [0.4, 0.5) is 17.3 Å². The summed E-state index contributed by atoms with van der Waals surface area (Å²) in [6, 6.07) is 6.38. The van der Waals surface area contributed by atoms with E-state index in [-0.39, 0.29) is 0 Å².